The standard InChI is InChI=1S/C22H38O2/c1-13-11-22(4)15(10-18(13)23)7-8-16-17-9-6-14(2)21(17,3)12-19(24-5)20(16)22/h13-20,23H,6-12H2,1-5H3/t13-,14-,15-,16-,17-,18-,19-,20+,21+,22-/m0/s1. The summed E-state index contributed by atoms with van der Waals surface area (Å²) in [6.07, 6.45) is 9.37. The third-order valence-corrected chi connectivity index (χ3v) is 9.69. The van der Waals surface area contributed by atoms with E-state index in [1.54, 1.807) is 0 Å². The van der Waals surface area contributed by atoms with Crippen LogP contribution in [0.2, 0.25) is 0 Å². The summed E-state index contributed by atoms with van der Waals surface area (Å²) in [6.45, 7) is 9.88. The monoisotopic (exact) mass is 334 g/mol. The quantitative estimate of drug-likeness (QED) is 0.739. The van der Waals surface area contributed by atoms with E-state index in [1.165, 1.54) is 38.5 Å². The smallest absolute Gasteiger partial charge is 0.0612 e. The van der Waals surface area contributed by atoms with E-state index in [1.807, 2.05) is 7.11 Å². The minimum atomic E-state index is -0.0824. The Hall–Kier alpha value is -0.0800. The Morgan fingerprint density at radius 1 is 0.958 bits per heavy atom. The molecule has 10 atom stereocenters. The molecule has 2 nitrogen and oxygen atoms in total. The van der Waals surface area contributed by atoms with Crippen molar-refractivity contribution in [2.75, 3.05) is 7.11 Å². The molecule has 0 saturated heterocycles. The van der Waals surface area contributed by atoms with Crippen LogP contribution in [0, 0.1) is 46.3 Å². The summed E-state index contributed by atoms with van der Waals surface area (Å²) in [5.41, 5.74) is 0.861. The zero-order valence-corrected chi connectivity index (χ0v) is 16.4. The van der Waals surface area contributed by atoms with Crippen LogP contribution in [0.25, 0.3) is 0 Å². The second-order valence-corrected chi connectivity index (χ2v) is 10.5. The third-order valence-electron chi connectivity index (χ3n) is 9.69. The highest BCUT2D eigenvalue weighted by Crippen LogP contribution is 2.68. The predicted molar refractivity (Wildman–Crippen MR) is 97.6 cm³/mol. The number of hydrogen-bond donors (Lipinski definition) is 1. The number of hydrogen-bond acceptors (Lipinski definition) is 2. The highest BCUT2D eigenvalue weighted by atomic mass is 16.5. The summed E-state index contributed by atoms with van der Waals surface area (Å²) in [4.78, 5) is 0. The maximum Gasteiger partial charge on any atom is 0.0612 e. The van der Waals surface area contributed by atoms with Crippen LogP contribution in [-0.2, 0) is 4.74 Å². The van der Waals surface area contributed by atoms with Gasteiger partial charge in [-0.2, -0.15) is 0 Å². The molecule has 0 unspecified atom stereocenters. The molecule has 0 bridgehead atoms. The second-order valence-electron chi connectivity index (χ2n) is 10.5. The molecule has 0 amide bonds. The van der Waals surface area contributed by atoms with Crippen LogP contribution in [0.15, 0.2) is 0 Å². The van der Waals surface area contributed by atoms with Crippen LogP contribution in [0.3, 0.4) is 0 Å². The Morgan fingerprint density at radius 3 is 2.42 bits per heavy atom. The van der Waals surface area contributed by atoms with Gasteiger partial charge in [-0.3, -0.25) is 0 Å². The fourth-order valence-corrected chi connectivity index (χ4v) is 8.16. The molecular formula is C22H38O2. The van der Waals surface area contributed by atoms with Gasteiger partial charge in [0.1, 0.15) is 0 Å². The number of fused-ring (bicyclic) bond motifs is 5. The van der Waals surface area contributed by atoms with Gasteiger partial charge in [-0.05, 0) is 91.3 Å². The average Bonchev–Trinajstić information content (AvgIpc) is 2.83. The number of aliphatic hydroxyl groups is 1. The molecule has 4 rings (SSSR count). The maximum absolute atomic E-state index is 10.4. The van der Waals surface area contributed by atoms with Gasteiger partial charge in [-0.25, -0.2) is 0 Å². The zero-order chi connectivity index (χ0) is 17.3. The molecule has 4 fully saturated rings. The van der Waals surface area contributed by atoms with Crippen molar-refractivity contribution < 1.29 is 9.84 Å². The molecule has 4 aliphatic rings. The summed E-state index contributed by atoms with van der Waals surface area (Å²) in [5, 5.41) is 10.4. The van der Waals surface area contributed by atoms with E-state index < -0.39 is 0 Å². The molecule has 138 valence electrons. The van der Waals surface area contributed by atoms with Gasteiger partial charge in [0.25, 0.3) is 0 Å². The van der Waals surface area contributed by atoms with Crippen LogP contribution in [0.5, 0.6) is 0 Å². The molecular weight excluding hydrogens is 296 g/mol. The van der Waals surface area contributed by atoms with Crippen molar-refractivity contribution in [3.8, 4) is 0 Å². The summed E-state index contributed by atoms with van der Waals surface area (Å²) < 4.78 is 6.20. The number of rotatable bonds is 1. The van der Waals surface area contributed by atoms with Gasteiger partial charge in [0.2, 0.25) is 0 Å². The lowest BCUT2D eigenvalue weighted by Crippen LogP contribution is -2.60. The predicted octanol–water partition coefficient (Wildman–Crippen LogP) is 4.90. The summed E-state index contributed by atoms with van der Waals surface area (Å²) in [5.74, 6) is 4.45. The van der Waals surface area contributed by atoms with Gasteiger partial charge < -0.3 is 9.84 Å². The highest BCUT2D eigenvalue weighted by Gasteiger charge is 2.63. The third kappa shape index (κ3) is 2.21. The molecule has 4 saturated carbocycles. The van der Waals surface area contributed by atoms with Crippen LogP contribution in [0.4, 0.5) is 0 Å². The minimum Gasteiger partial charge on any atom is -0.393 e. The molecule has 4 aliphatic carbocycles. The van der Waals surface area contributed by atoms with E-state index in [4.69, 9.17) is 4.74 Å². The minimum absolute atomic E-state index is 0.0824. The lowest BCUT2D eigenvalue weighted by molar-refractivity contribution is -0.192. The fourth-order valence-electron chi connectivity index (χ4n) is 8.16. The van der Waals surface area contributed by atoms with Crippen LogP contribution < -0.4 is 0 Å². The van der Waals surface area contributed by atoms with Crippen molar-refractivity contribution >= 4 is 0 Å². The number of aliphatic hydroxyl groups excluding tert-OH is 1. The lowest BCUT2D eigenvalue weighted by atomic mass is 9.43. The first-order valence-corrected chi connectivity index (χ1v) is 10.5. The van der Waals surface area contributed by atoms with Crippen molar-refractivity contribution in [1.82, 2.24) is 0 Å². The maximum atomic E-state index is 10.4. The Labute approximate surface area is 148 Å². The first-order valence-electron chi connectivity index (χ1n) is 10.5. The van der Waals surface area contributed by atoms with Gasteiger partial charge in [0.05, 0.1) is 12.2 Å². The van der Waals surface area contributed by atoms with Crippen molar-refractivity contribution in [3.63, 3.8) is 0 Å². The first kappa shape index (κ1) is 17.3. The number of ether oxygens (including phenoxy) is 1. The van der Waals surface area contributed by atoms with E-state index in [0.717, 1.165) is 24.2 Å². The Kier molecular flexibility index (Phi) is 4.12. The second kappa shape index (κ2) is 5.71. The number of methoxy groups -OCH3 is 1. The fraction of sp³-hybridized carbons (Fsp3) is 1.00. The molecule has 0 aromatic heterocycles. The first-order chi connectivity index (χ1) is 11.3. The van der Waals surface area contributed by atoms with Gasteiger partial charge in [-0.1, -0.05) is 27.7 Å². The van der Waals surface area contributed by atoms with Crippen molar-refractivity contribution in [2.24, 2.45) is 46.3 Å². The molecule has 0 aromatic rings. The average molecular weight is 335 g/mol. The summed E-state index contributed by atoms with van der Waals surface area (Å²) in [7, 11) is 1.96. The van der Waals surface area contributed by atoms with Crippen molar-refractivity contribution in [1.29, 1.82) is 0 Å². The van der Waals surface area contributed by atoms with Crippen LogP contribution in [-0.4, -0.2) is 24.4 Å². The molecule has 2 heteroatoms. The van der Waals surface area contributed by atoms with E-state index in [-0.39, 0.29) is 6.10 Å². The van der Waals surface area contributed by atoms with Crippen LogP contribution in [0.1, 0.15) is 72.6 Å². The molecule has 0 heterocycles. The van der Waals surface area contributed by atoms with Gasteiger partial charge in [0, 0.05) is 7.11 Å². The molecule has 1 N–H and O–H groups in total. The Bertz CT molecular complexity index is 490. The van der Waals surface area contributed by atoms with Crippen LogP contribution >= 0.6 is 0 Å². The molecule has 24 heavy (non-hydrogen) atoms. The molecule has 0 aromatic carbocycles. The normalized spacial score (nSPS) is 60.2. The highest BCUT2D eigenvalue weighted by molar-refractivity contribution is 5.12. The Balaban J connectivity index is 1.71. The van der Waals surface area contributed by atoms with E-state index >= 15 is 0 Å². The largest absolute Gasteiger partial charge is 0.393 e. The van der Waals surface area contributed by atoms with E-state index in [2.05, 4.69) is 27.7 Å². The summed E-state index contributed by atoms with van der Waals surface area (Å²) >= 11 is 0. The SMILES string of the molecule is CO[C@H]1C[C@]2(C)[C@@H](C)CC[C@H]2[C@@H]2CC[C@H]3C[C@H](O)[C@@H](C)C[C@]3(C)[C@H]21. The molecule has 0 spiro atoms. The van der Waals surface area contributed by atoms with Gasteiger partial charge in [-0.15, -0.1) is 0 Å². The van der Waals surface area contributed by atoms with E-state index in [9.17, 15) is 5.11 Å². The zero-order valence-electron chi connectivity index (χ0n) is 16.4. The lowest BCUT2D eigenvalue weighted by Gasteiger charge is -2.63. The van der Waals surface area contributed by atoms with Gasteiger partial charge in [0.15, 0.2) is 0 Å². The van der Waals surface area contributed by atoms with Crippen molar-refractivity contribution in [2.45, 2.75) is 84.8 Å². The molecule has 0 aliphatic heterocycles. The Morgan fingerprint density at radius 2 is 1.71 bits per heavy atom. The summed E-state index contributed by atoms with van der Waals surface area (Å²) in [6, 6.07) is 0. The van der Waals surface area contributed by atoms with Gasteiger partial charge >= 0.3 is 0 Å². The van der Waals surface area contributed by atoms with E-state index in [0.29, 0.717) is 34.7 Å². The topological polar surface area (TPSA) is 29.5 Å². The van der Waals surface area contributed by atoms with Crippen molar-refractivity contribution in [3.05, 3.63) is 0 Å². The molecule has 0 radical (unpaired) electrons.